The molecule has 15 heavy (non-hydrogen) atoms. The quantitative estimate of drug-likeness (QED) is 0.383. The van der Waals surface area contributed by atoms with Gasteiger partial charge in [0.1, 0.15) is 0 Å². The lowest BCUT2D eigenvalue weighted by Gasteiger charge is -1.93. The Kier molecular flexibility index (Phi) is 7.70. The number of hydrogen-bond donors (Lipinski definition) is 3. The summed E-state index contributed by atoms with van der Waals surface area (Å²) in [6.07, 6.45) is -2.30. The third-order valence-corrected chi connectivity index (χ3v) is 0.755. The molecule has 0 spiro atoms. The van der Waals surface area contributed by atoms with Gasteiger partial charge in [0, 0.05) is 13.8 Å². The van der Waals surface area contributed by atoms with Crippen LogP contribution in [0.15, 0.2) is 0 Å². The predicted molar refractivity (Wildman–Crippen MR) is 43.7 cm³/mol. The van der Waals surface area contributed by atoms with Gasteiger partial charge in [0.05, 0.1) is 0 Å². The van der Waals surface area contributed by atoms with Crippen LogP contribution < -0.4 is 0 Å². The van der Waals surface area contributed by atoms with E-state index in [-0.39, 0.29) is 0 Å². The molecule has 0 unspecified atom stereocenters. The average Bonchev–Trinajstić information content (AvgIpc) is 2.00. The summed E-state index contributed by atoms with van der Waals surface area (Å²) < 4.78 is 3.97. The van der Waals surface area contributed by atoms with Gasteiger partial charge in [-0.3, -0.25) is 9.59 Å². The lowest BCUT2D eigenvalue weighted by atomic mass is 10.4. The molecule has 0 heterocycles. The Morgan fingerprint density at radius 2 is 1.20 bits per heavy atom. The minimum Gasteiger partial charge on any atom is -0.479 e. The Labute approximate surface area is 84.1 Å². The number of carbonyl (C=O) groups is 4. The van der Waals surface area contributed by atoms with Gasteiger partial charge in [-0.2, -0.15) is 0 Å². The molecule has 86 valence electrons. The van der Waals surface area contributed by atoms with Crippen LogP contribution in [0.3, 0.4) is 0 Å². The summed E-state index contributed by atoms with van der Waals surface area (Å²) in [7, 11) is 0. The number of carboxylic acid groups (broad SMARTS) is 2. The molecule has 8 heteroatoms. The average molecular weight is 222 g/mol. The van der Waals surface area contributed by atoms with E-state index in [0.717, 1.165) is 0 Å². The third kappa shape index (κ3) is 12.0. The largest absolute Gasteiger partial charge is 0.479 e. The summed E-state index contributed by atoms with van der Waals surface area (Å²) in [4.78, 5) is 38.6. The maximum absolute atomic E-state index is 9.81. The zero-order chi connectivity index (χ0) is 12.6. The fourth-order valence-electron chi connectivity index (χ4n) is 0.308. The lowest BCUT2D eigenvalue weighted by molar-refractivity contribution is -0.161. The van der Waals surface area contributed by atoms with Crippen molar-refractivity contribution in [2.45, 2.75) is 20.0 Å². The zero-order valence-corrected chi connectivity index (χ0v) is 7.96. The second-order valence-electron chi connectivity index (χ2n) is 2.16. The number of aliphatic hydroxyl groups excluding tert-OH is 1. The standard InChI is InChI=1S/C4H6O3.C3H4O5/c1-3(5)7-4(2)6;4-1(2(5)6)3(7)8/h1-2H3;1,4H,(H,5,6)(H,7,8). The van der Waals surface area contributed by atoms with Gasteiger partial charge in [-0.05, 0) is 0 Å². The first-order valence-electron chi connectivity index (χ1n) is 3.51. The Hall–Kier alpha value is -1.96. The van der Waals surface area contributed by atoms with Crippen LogP contribution >= 0.6 is 0 Å². The number of aliphatic hydroxyl groups is 1. The molecular formula is C7H10O8. The van der Waals surface area contributed by atoms with Gasteiger partial charge in [-0.15, -0.1) is 0 Å². The van der Waals surface area contributed by atoms with Gasteiger partial charge in [0.25, 0.3) is 0 Å². The summed E-state index contributed by atoms with van der Waals surface area (Å²) in [6, 6.07) is 0. The van der Waals surface area contributed by atoms with Crippen LogP contribution in [0, 0.1) is 0 Å². The Morgan fingerprint density at radius 1 is 0.933 bits per heavy atom. The van der Waals surface area contributed by atoms with Crippen molar-refractivity contribution in [3.63, 3.8) is 0 Å². The van der Waals surface area contributed by atoms with E-state index in [0.29, 0.717) is 0 Å². The number of carbonyl (C=O) groups excluding carboxylic acids is 2. The van der Waals surface area contributed by atoms with Gasteiger partial charge < -0.3 is 20.1 Å². The molecule has 0 saturated heterocycles. The van der Waals surface area contributed by atoms with E-state index in [2.05, 4.69) is 4.74 Å². The lowest BCUT2D eigenvalue weighted by Crippen LogP contribution is -2.28. The molecular weight excluding hydrogens is 212 g/mol. The summed E-state index contributed by atoms with van der Waals surface area (Å²) >= 11 is 0. The van der Waals surface area contributed by atoms with E-state index in [1.54, 1.807) is 0 Å². The third-order valence-electron chi connectivity index (χ3n) is 0.755. The number of aliphatic carboxylic acids is 2. The van der Waals surface area contributed by atoms with Crippen LogP contribution in [0.4, 0.5) is 0 Å². The number of rotatable bonds is 2. The first-order valence-corrected chi connectivity index (χ1v) is 3.51. The highest BCUT2D eigenvalue weighted by atomic mass is 16.6. The van der Waals surface area contributed by atoms with Crippen molar-refractivity contribution >= 4 is 23.9 Å². The van der Waals surface area contributed by atoms with Gasteiger partial charge >= 0.3 is 23.9 Å². The van der Waals surface area contributed by atoms with Gasteiger partial charge in [-0.1, -0.05) is 0 Å². The first-order chi connectivity index (χ1) is 6.68. The second-order valence-corrected chi connectivity index (χ2v) is 2.16. The highest BCUT2D eigenvalue weighted by molar-refractivity contribution is 5.95. The molecule has 0 aromatic carbocycles. The monoisotopic (exact) mass is 222 g/mol. The molecule has 0 amide bonds. The fraction of sp³-hybridized carbons (Fsp3) is 0.429. The van der Waals surface area contributed by atoms with Gasteiger partial charge in [-0.25, -0.2) is 9.59 Å². The van der Waals surface area contributed by atoms with Crippen molar-refractivity contribution in [3.05, 3.63) is 0 Å². The summed E-state index contributed by atoms with van der Waals surface area (Å²) in [6.45, 7) is 2.36. The molecule has 0 saturated carbocycles. The molecule has 0 rings (SSSR count). The van der Waals surface area contributed by atoms with Crippen LogP contribution in [0.2, 0.25) is 0 Å². The topological polar surface area (TPSA) is 138 Å². The summed E-state index contributed by atoms with van der Waals surface area (Å²) in [5.74, 6) is -4.63. The normalized spacial score (nSPS) is 8.53. The van der Waals surface area contributed by atoms with Crippen molar-refractivity contribution in [2.75, 3.05) is 0 Å². The summed E-state index contributed by atoms with van der Waals surface area (Å²) in [5.41, 5.74) is 0. The Balaban J connectivity index is 0. The molecule has 0 aliphatic heterocycles. The van der Waals surface area contributed by atoms with E-state index in [1.165, 1.54) is 13.8 Å². The first kappa shape index (κ1) is 15.5. The van der Waals surface area contributed by atoms with Crippen LogP contribution in [0.1, 0.15) is 13.8 Å². The highest BCUT2D eigenvalue weighted by Crippen LogP contribution is 1.79. The van der Waals surface area contributed by atoms with Gasteiger partial charge in [0.15, 0.2) is 0 Å². The van der Waals surface area contributed by atoms with E-state index < -0.39 is 30.0 Å². The van der Waals surface area contributed by atoms with Crippen molar-refractivity contribution in [2.24, 2.45) is 0 Å². The highest BCUT2D eigenvalue weighted by Gasteiger charge is 2.20. The number of hydrogen-bond acceptors (Lipinski definition) is 6. The molecule has 8 nitrogen and oxygen atoms in total. The molecule has 0 aliphatic carbocycles. The number of esters is 2. The van der Waals surface area contributed by atoms with E-state index >= 15 is 0 Å². The molecule has 0 aromatic rings. The smallest absolute Gasteiger partial charge is 0.344 e. The molecule has 0 bridgehead atoms. The van der Waals surface area contributed by atoms with Crippen molar-refractivity contribution in [1.29, 1.82) is 0 Å². The molecule has 3 N–H and O–H groups in total. The number of ether oxygens (including phenoxy) is 1. The minimum atomic E-state index is -2.30. The maximum Gasteiger partial charge on any atom is 0.344 e. The Bertz CT molecular complexity index is 242. The maximum atomic E-state index is 9.81. The minimum absolute atomic E-state index is 0.562. The Morgan fingerprint density at radius 3 is 1.20 bits per heavy atom. The molecule has 0 fully saturated rings. The van der Waals surface area contributed by atoms with Crippen LogP contribution in [-0.4, -0.2) is 45.3 Å². The summed E-state index contributed by atoms with van der Waals surface area (Å²) in [5, 5.41) is 23.4. The van der Waals surface area contributed by atoms with Crippen molar-refractivity contribution in [3.8, 4) is 0 Å². The molecule has 0 atom stereocenters. The van der Waals surface area contributed by atoms with E-state index in [4.69, 9.17) is 15.3 Å². The van der Waals surface area contributed by atoms with E-state index in [1.807, 2.05) is 0 Å². The van der Waals surface area contributed by atoms with Crippen molar-refractivity contribution in [1.82, 2.24) is 0 Å². The second kappa shape index (κ2) is 7.44. The fourth-order valence-corrected chi connectivity index (χ4v) is 0.308. The van der Waals surface area contributed by atoms with Crippen molar-refractivity contribution < 1.29 is 39.2 Å². The SMILES string of the molecule is CC(=O)OC(C)=O.O=C(O)C(O)C(=O)O. The number of carboxylic acids is 2. The van der Waals surface area contributed by atoms with Crippen LogP contribution in [0.5, 0.6) is 0 Å². The molecule has 0 aromatic heterocycles. The van der Waals surface area contributed by atoms with Crippen LogP contribution in [-0.2, 0) is 23.9 Å². The van der Waals surface area contributed by atoms with Crippen LogP contribution in [0.25, 0.3) is 0 Å². The zero-order valence-electron chi connectivity index (χ0n) is 7.96. The van der Waals surface area contributed by atoms with Gasteiger partial charge in [0.2, 0.25) is 6.10 Å². The molecule has 0 radical (unpaired) electrons. The van der Waals surface area contributed by atoms with E-state index in [9.17, 15) is 19.2 Å². The predicted octanol–water partition coefficient (Wildman–Crippen LogP) is -1.39. The molecule has 0 aliphatic rings.